The topological polar surface area (TPSA) is 18.5 Å². The predicted molar refractivity (Wildman–Crippen MR) is 133 cm³/mol. The van der Waals surface area contributed by atoms with Crippen molar-refractivity contribution in [2.24, 2.45) is 11.3 Å². The highest BCUT2D eigenvalue weighted by Gasteiger charge is 2.21. The standard InChI is InChI=1S/C28H45FO2/c1-8-10-17-23(24(29)9-2)27-25(30-7)18-16-19-26(27)31-21-15-13-11-12-14-20-28(5,6)22(3)4/h9,16,18-19,22H,2,8,10-15,17,20-21H2,1,3-7H3/b24-23+. The summed E-state index contributed by atoms with van der Waals surface area (Å²) in [4.78, 5) is 0. The first kappa shape index (κ1) is 27.3. The molecule has 0 spiro atoms. The molecule has 0 amide bonds. The minimum Gasteiger partial charge on any atom is -0.496 e. The molecule has 176 valence electrons. The van der Waals surface area contributed by atoms with Crippen LogP contribution < -0.4 is 9.47 Å². The molecular weight excluding hydrogens is 387 g/mol. The van der Waals surface area contributed by atoms with E-state index >= 15 is 0 Å². The van der Waals surface area contributed by atoms with E-state index in [1.807, 2.05) is 18.2 Å². The van der Waals surface area contributed by atoms with Crippen molar-refractivity contribution in [2.75, 3.05) is 13.7 Å². The predicted octanol–water partition coefficient (Wildman–Crippen LogP) is 9.15. The molecule has 0 aliphatic heterocycles. The molecule has 1 aromatic carbocycles. The first-order chi connectivity index (χ1) is 14.8. The fraction of sp³-hybridized carbons (Fsp3) is 0.643. The molecule has 31 heavy (non-hydrogen) atoms. The SMILES string of the molecule is C=C/C(F)=C(/CCCC)c1c(OC)cccc1OCCCCCCCC(C)(C)C(C)C. The summed E-state index contributed by atoms with van der Waals surface area (Å²) >= 11 is 0. The molecule has 0 fully saturated rings. The first-order valence-corrected chi connectivity index (χ1v) is 12.1. The van der Waals surface area contributed by atoms with Gasteiger partial charge in [-0.2, -0.15) is 0 Å². The van der Waals surface area contributed by atoms with Crippen molar-refractivity contribution < 1.29 is 13.9 Å². The quantitative estimate of drug-likeness (QED) is 0.191. The Labute approximate surface area is 190 Å². The zero-order chi connectivity index (χ0) is 23.3. The smallest absolute Gasteiger partial charge is 0.130 e. The Balaban J connectivity index is 2.65. The molecule has 0 bridgehead atoms. The lowest BCUT2D eigenvalue weighted by Gasteiger charge is -2.29. The van der Waals surface area contributed by atoms with Crippen molar-refractivity contribution in [3.05, 3.63) is 42.2 Å². The highest BCUT2D eigenvalue weighted by molar-refractivity contribution is 5.78. The van der Waals surface area contributed by atoms with Gasteiger partial charge in [-0.05, 0) is 55.2 Å². The summed E-state index contributed by atoms with van der Waals surface area (Å²) in [6.45, 7) is 15.7. The third kappa shape index (κ3) is 9.09. The Morgan fingerprint density at radius 2 is 1.71 bits per heavy atom. The van der Waals surface area contributed by atoms with E-state index < -0.39 is 0 Å². The number of benzene rings is 1. The van der Waals surface area contributed by atoms with E-state index in [-0.39, 0.29) is 5.83 Å². The third-order valence-corrected chi connectivity index (χ3v) is 6.54. The van der Waals surface area contributed by atoms with Crippen LogP contribution in [0.1, 0.15) is 98.0 Å². The van der Waals surface area contributed by atoms with Gasteiger partial charge in [-0.3, -0.25) is 0 Å². The summed E-state index contributed by atoms with van der Waals surface area (Å²) < 4.78 is 26.3. The molecule has 1 aromatic rings. The van der Waals surface area contributed by atoms with Crippen LogP contribution in [-0.4, -0.2) is 13.7 Å². The maximum atomic E-state index is 14.6. The minimum absolute atomic E-state index is 0.299. The molecule has 0 radical (unpaired) electrons. The van der Waals surface area contributed by atoms with Crippen LogP contribution in [0.3, 0.4) is 0 Å². The number of hydrogen-bond donors (Lipinski definition) is 0. The molecule has 0 unspecified atom stereocenters. The van der Waals surface area contributed by atoms with Gasteiger partial charge in [-0.15, -0.1) is 0 Å². The molecule has 0 saturated carbocycles. The Hall–Kier alpha value is -1.77. The molecule has 0 aromatic heterocycles. The zero-order valence-corrected chi connectivity index (χ0v) is 20.9. The largest absolute Gasteiger partial charge is 0.496 e. The summed E-state index contributed by atoms with van der Waals surface area (Å²) in [7, 11) is 1.62. The lowest BCUT2D eigenvalue weighted by molar-refractivity contribution is 0.220. The van der Waals surface area contributed by atoms with Crippen LogP contribution >= 0.6 is 0 Å². The number of unbranched alkanes of at least 4 members (excludes halogenated alkanes) is 5. The van der Waals surface area contributed by atoms with Gasteiger partial charge < -0.3 is 9.47 Å². The molecule has 0 saturated heterocycles. The molecule has 2 nitrogen and oxygen atoms in total. The van der Waals surface area contributed by atoms with E-state index in [0.29, 0.717) is 35.5 Å². The van der Waals surface area contributed by atoms with Crippen molar-refractivity contribution in [1.29, 1.82) is 0 Å². The van der Waals surface area contributed by atoms with Gasteiger partial charge in [0.2, 0.25) is 0 Å². The second-order valence-corrected chi connectivity index (χ2v) is 9.48. The van der Waals surface area contributed by atoms with E-state index in [1.54, 1.807) is 7.11 Å². The van der Waals surface area contributed by atoms with E-state index in [0.717, 1.165) is 37.2 Å². The van der Waals surface area contributed by atoms with Crippen LogP contribution in [0.5, 0.6) is 11.5 Å². The van der Waals surface area contributed by atoms with E-state index in [1.165, 1.54) is 31.8 Å². The molecule has 0 aliphatic rings. The molecule has 3 heteroatoms. The highest BCUT2D eigenvalue weighted by Crippen LogP contribution is 2.39. The van der Waals surface area contributed by atoms with Gasteiger partial charge in [0.05, 0.1) is 19.3 Å². The van der Waals surface area contributed by atoms with Gasteiger partial charge in [-0.25, -0.2) is 4.39 Å². The number of rotatable bonds is 16. The number of hydrogen-bond acceptors (Lipinski definition) is 2. The lowest BCUT2D eigenvalue weighted by atomic mass is 9.77. The Kier molecular flexibility index (Phi) is 12.6. The molecule has 0 atom stereocenters. The van der Waals surface area contributed by atoms with E-state index in [9.17, 15) is 4.39 Å². The van der Waals surface area contributed by atoms with Crippen molar-refractivity contribution in [3.8, 4) is 11.5 Å². The molecule has 0 heterocycles. The van der Waals surface area contributed by atoms with Crippen LogP contribution in [-0.2, 0) is 0 Å². The van der Waals surface area contributed by atoms with Crippen LogP contribution in [0, 0.1) is 11.3 Å². The van der Waals surface area contributed by atoms with Crippen molar-refractivity contribution in [1.82, 2.24) is 0 Å². The van der Waals surface area contributed by atoms with Crippen molar-refractivity contribution in [2.45, 2.75) is 92.4 Å². The Morgan fingerprint density at radius 1 is 1.06 bits per heavy atom. The summed E-state index contributed by atoms with van der Waals surface area (Å²) in [5.41, 5.74) is 1.78. The van der Waals surface area contributed by atoms with E-state index in [2.05, 4.69) is 41.2 Å². The van der Waals surface area contributed by atoms with E-state index in [4.69, 9.17) is 9.47 Å². The normalized spacial score (nSPS) is 12.6. The molecule has 0 N–H and O–H groups in total. The summed E-state index contributed by atoms with van der Waals surface area (Å²) in [5, 5.41) is 0. The maximum absolute atomic E-state index is 14.6. The van der Waals surface area contributed by atoms with Gasteiger partial charge in [0, 0.05) is 5.57 Å². The van der Waals surface area contributed by atoms with Gasteiger partial charge in [0.1, 0.15) is 17.3 Å². The fourth-order valence-corrected chi connectivity index (χ4v) is 3.62. The van der Waals surface area contributed by atoms with Gasteiger partial charge >= 0.3 is 0 Å². The highest BCUT2D eigenvalue weighted by atomic mass is 19.1. The van der Waals surface area contributed by atoms with Crippen LogP contribution in [0.15, 0.2) is 36.7 Å². The summed E-state index contributed by atoms with van der Waals surface area (Å²) in [6.07, 6.45) is 11.1. The first-order valence-electron chi connectivity index (χ1n) is 12.1. The van der Waals surface area contributed by atoms with Crippen molar-refractivity contribution in [3.63, 3.8) is 0 Å². The Bertz CT molecular complexity index is 688. The van der Waals surface area contributed by atoms with Gasteiger partial charge in [0.15, 0.2) is 0 Å². The maximum Gasteiger partial charge on any atom is 0.130 e. The second-order valence-electron chi connectivity index (χ2n) is 9.48. The van der Waals surface area contributed by atoms with Gasteiger partial charge in [-0.1, -0.05) is 79.4 Å². The third-order valence-electron chi connectivity index (χ3n) is 6.54. The second kappa shape index (κ2) is 14.3. The average molecular weight is 433 g/mol. The monoisotopic (exact) mass is 432 g/mol. The fourth-order valence-electron chi connectivity index (χ4n) is 3.62. The Morgan fingerprint density at radius 3 is 2.32 bits per heavy atom. The van der Waals surface area contributed by atoms with Crippen LogP contribution in [0.4, 0.5) is 4.39 Å². The van der Waals surface area contributed by atoms with Crippen molar-refractivity contribution >= 4 is 5.57 Å². The molecular formula is C28H45FO2. The number of methoxy groups -OCH3 is 1. The zero-order valence-electron chi connectivity index (χ0n) is 20.9. The summed E-state index contributed by atoms with van der Waals surface area (Å²) in [6, 6.07) is 5.68. The molecule has 1 rings (SSSR count). The lowest BCUT2D eigenvalue weighted by Crippen LogP contribution is -2.18. The van der Waals surface area contributed by atoms with Crippen LogP contribution in [0.2, 0.25) is 0 Å². The molecule has 0 aliphatic carbocycles. The number of allylic oxidation sites excluding steroid dienone is 3. The van der Waals surface area contributed by atoms with Crippen LogP contribution in [0.25, 0.3) is 5.57 Å². The average Bonchev–Trinajstić information content (AvgIpc) is 2.75. The number of halogens is 1. The van der Waals surface area contributed by atoms with Gasteiger partial charge in [0.25, 0.3) is 0 Å². The minimum atomic E-state index is -0.299. The number of ether oxygens (including phenoxy) is 2. The summed E-state index contributed by atoms with van der Waals surface area (Å²) in [5.74, 6) is 1.77.